The van der Waals surface area contributed by atoms with Crippen LogP contribution in [0.4, 0.5) is 5.82 Å². The van der Waals surface area contributed by atoms with Crippen molar-refractivity contribution < 1.29 is 18.5 Å². The Labute approximate surface area is 150 Å². The van der Waals surface area contributed by atoms with Gasteiger partial charge < -0.3 is 19.6 Å². The van der Waals surface area contributed by atoms with Crippen LogP contribution in [0.3, 0.4) is 0 Å². The van der Waals surface area contributed by atoms with Crippen molar-refractivity contribution >= 4 is 29.4 Å². The van der Waals surface area contributed by atoms with Crippen LogP contribution in [0.2, 0.25) is 0 Å². The highest BCUT2D eigenvalue weighted by Gasteiger charge is 2.18. The van der Waals surface area contributed by atoms with E-state index >= 15 is 0 Å². The molecular formula is C16H22N4O4S. The Kier molecular flexibility index (Phi) is 7.08. The van der Waals surface area contributed by atoms with E-state index in [9.17, 15) is 9.59 Å². The molecule has 0 radical (unpaired) electrons. The molecule has 2 rings (SSSR count). The van der Waals surface area contributed by atoms with Crippen LogP contribution in [0.25, 0.3) is 0 Å². The molecule has 1 atom stereocenters. The summed E-state index contributed by atoms with van der Waals surface area (Å²) in [5, 5.41) is 9.14. The van der Waals surface area contributed by atoms with E-state index in [1.807, 2.05) is 31.1 Å². The average molecular weight is 366 g/mol. The molecule has 8 nitrogen and oxygen atoms in total. The van der Waals surface area contributed by atoms with Crippen molar-refractivity contribution in [3.05, 3.63) is 36.0 Å². The van der Waals surface area contributed by atoms with Gasteiger partial charge in [-0.3, -0.25) is 14.5 Å². The van der Waals surface area contributed by atoms with Crippen LogP contribution in [0.1, 0.15) is 17.6 Å². The number of hydrogen-bond donors (Lipinski definition) is 2. The maximum Gasteiger partial charge on any atom is 0.235 e. The molecular weight excluding hydrogens is 344 g/mol. The normalized spacial score (nSPS) is 12.2. The number of anilines is 1. The number of carbonyl (C=O) groups is 2. The number of hydrogen-bond acceptors (Lipinski definition) is 7. The number of amides is 2. The van der Waals surface area contributed by atoms with Crippen LogP contribution in [0.5, 0.6) is 0 Å². The van der Waals surface area contributed by atoms with Gasteiger partial charge in [0.15, 0.2) is 5.82 Å². The molecule has 0 spiro atoms. The smallest absolute Gasteiger partial charge is 0.235 e. The van der Waals surface area contributed by atoms with Gasteiger partial charge >= 0.3 is 0 Å². The number of carbonyl (C=O) groups excluding carboxylic acids is 2. The van der Waals surface area contributed by atoms with Gasteiger partial charge in [-0.1, -0.05) is 5.16 Å². The summed E-state index contributed by atoms with van der Waals surface area (Å²) in [4.78, 5) is 25.7. The molecule has 0 aliphatic carbocycles. The summed E-state index contributed by atoms with van der Waals surface area (Å²) in [6, 6.07) is 5.29. The van der Waals surface area contributed by atoms with Gasteiger partial charge in [0.25, 0.3) is 0 Å². The zero-order valence-corrected chi connectivity index (χ0v) is 15.3. The summed E-state index contributed by atoms with van der Waals surface area (Å²) < 4.78 is 10.3. The number of furan rings is 1. The SMILES string of the molecule is Cc1cc(NC(=O)CSCC(=O)NCC(c2ccco2)N(C)C)no1. The molecule has 0 bridgehead atoms. The third-order valence-electron chi connectivity index (χ3n) is 3.35. The summed E-state index contributed by atoms with van der Waals surface area (Å²) in [5.41, 5.74) is 0. The highest BCUT2D eigenvalue weighted by atomic mass is 32.2. The number of thioether (sulfide) groups is 1. The molecule has 0 fully saturated rings. The zero-order valence-electron chi connectivity index (χ0n) is 14.4. The van der Waals surface area contributed by atoms with Crippen molar-refractivity contribution in [1.29, 1.82) is 0 Å². The molecule has 9 heteroatoms. The Morgan fingerprint density at radius 1 is 1.32 bits per heavy atom. The fourth-order valence-corrected chi connectivity index (χ4v) is 2.77. The van der Waals surface area contributed by atoms with Crippen molar-refractivity contribution in [2.45, 2.75) is 13.0 Å². The number of aryl methyl sites for hydroxylation is 1. The lowest BCUT2D eigenvalue weighted by Crippen LogP contribution is -2.35. The van der Waals surface area contributed by atoms with Crippen LogP contribution in [0, 0.1) is 6.92 Å². The topological polar surface area (TPSA) is 101 Å². The number of likely N-dealkylation sites (N-methyl/N-ethyl adjacent to an activating group) is 1. The molecule has 2 heterocycles. The van der Waals surface area contributed by atoms with Gasteiger partial charge in [-0.25, -0.2) is 0 Å². The zero-order chi connectivity index (χ0) is 18.2. The average Bonchev–Trinajstić information content (AvgIpc) is 3.19. The molecule has 0 saturated carbocycles. The number of nitrogens with one attached hydrogen (secondary N) is 2. The standard InChI is InChI=1S/C16H22N4O4S/c1-11-7-14(19-24-11)18-16(22)10-25-9-15(21)17-8-12(20(2)3)13-5-4-6-23-13/h4-7,12H,8-10H2,1-3H3,(H,17,21)(H,18,19,22). The first-order valence-electron chi connectivity index (χ1n) is 7.73. The third-order valence-corrected chi connectivity index (χ3v) is 4.28. The Balaban J connectivity index is 1.67. The van der Waals surface area contributed by atoms with Gasteiger partial charge in [0, 0.05) is 12.6 Å². The monoisotopic (exact) mass is 366 g/mol. The minimum Gasteiger partial charge on any atom is -0.468 e. The number of aromatic nitrogens is 1. The van der Waals surface area contributed by atoms with Gasteiger partial charge in [0.2, 0.25) is 11.8 Å². The summed E-state index contributed by atoms with van der Waals surface area (Å²) in [6.07, 6.45) is 1.61. The second kappa shape index (κ2) is 9.28. The van der Waals surface area contributed by atoms with E-state index in [2.05, 4.69) is 15.8 Å². The van der Waals surface area contributed by atoms with Crippen molar-refractivity contribution in [3.63, 3.8) is 0 Å². The molecule has 2 amide bonds. The molecule has 2 aromatic rings. The Morgan fingerprint density at radius 3 is 2.68 bits per heavy atom. The Hall–Kier alpha value is -2.26. The highest BCUT2D eigenvalue weighted by Crippen LogP contribution is 2.17. The number of rotatable bonds is 9. The summed E-state index contributed by atoms with van der Waals surface area (Å²) in [7, 11) is 3.84. The fourth-order valence-electron chi connectivity index (χ4n) is 2.12. The molecule has 2 N–H and O–H groups in total. The molecule has 136 valence electrons. The van der Waals surface area contributed by atoms with Crippen molar-refractivity contribution in [3.8, 4) is 0 Å². The van der Waals surface area contributed by atoms with E-state index in [0.717, 1.165) is 5.76 Å². The molecule has 25 heavy (non-hydrogen) atoms. The molecule has 2 aromatic heterocycles. The lowest BCUT2D eigenvalue weighted by atomic mass is 10.2. The van der Waals surface area contributed by atoms with E-state index < -0.39 is 0 Å². The maximum absolute atomic E-state index is 11.9. The molecule has 1 unspecified atom stereocenters. The first-order chi connectivity index (χ1) is 12.0. The van der Waals surface area contributed by atoms with Crippen molar-refractivity contribution in [2.24, 2.45) is 0 Å². The van der Waals surface area contributed by atoms with Crippen molar-refractivity contribution in [2.75, 3.05) is 37.5 Å². The maximum atomic E-state index is 11.9. The predicted molar refractivity (Wildman–Crippen MR) is 95.3 cm³/mol. The summed E-state index contributed by atoms with van der Waals surface area (Å²) >= 11 is 1.23. The fraction of sp³-hybridized carbons (Fsp3) is 0.438. The first-order valence-corrected chi connectivity index (χ1v) is 8.88. The lowest BCUT2D eigenvalue weighted by Gasteiger charge is -2.22. The highest BCUT2D eigenvalue weighted by molar-refractivity contribution is 8.00. The van der Waals surface area contributed by atoms with Crippen LogP contribution in [-0.2, 0) is 9.59 Å². The summed E-state index contributed by atoms with van der Waals surface area (Å²) in [5.74, 6) is 1.79. The van der Waals surface area contributed by atoms with Crippen molar-refractivity contribution in [1.82, 2.24) is 15.4 Å². The second-order valence-corrected chi connectivity index (χ2v) is 6.65. The minimum absolute atomic E-state index is 0.0392. The van der Waals surface area contributed by atoms with Crippen LogP contribution < -0.4 is 10.6 Å². The van der Waals surface area contributed by atoms with Crippen LogP contribution >= 0.6 is 11.8 Å². The van der Waals surface area contributed by atoms with Crippen LogP contribution in [-0.4, -0.2) is 54.0 Å². The van der Waals surface area contributed by atoms with E-state index in [1.54, 1.807) is 19.3 Å². The first kappa shape index (κ1) is 19.1. The Morgan fingerprint density at radius 2 is 2.08 bits per heavy atom. The van der Waals surface area contributed by atoms with Gasteiger partial charge in [-0.05, 0) is 33.2 Å². The number of nitrogens with zero attached hydrogens (tertiary/aromatic N) is 2. The quantitative estimate of drug-likeness (QED) is 0.696. The predicted octanol–water partition coefficient (Wildman–Crippen LogP) is 1.67. The third kappa shape index (κ3) is 6.28. The minimum atomic E-state index is -0.229. The van der Waals surface area contributed by atoms with Gasteiger partial charge in [0.1, 0.15) is 11.5 Å². The largest absolute Gasteiger partial charge is 0.468 e. The van der Waals surface area contributed by atoms with E-state index in [0.29, 0.717) is 18.1 Å². The molecule has 0 aliphatic heterocycles. The molecule has 0 saturated heterocycles. The van der Waals surface area contributed by atoms with Crippen LogP contribution in [0.15, 0.2) is 33.4 Å². The van der Waals surface area contributed by atoms with Gasteiger partial charge in [0.05, 0.1) is 23.8 Å². The Bertz CT molecular complexity index is 684. The van der Waals surface area contributed by atoms with E-state index in [1.165, 1.54) is 11.8 Å². The van der Waals surface area contributed by atoms with Gasteiger partial charge in [-0.15, -0.1) is 11.8 Å². The molecule has 0 aliphatic rings. The van der Waals surface area contributed by atoms with E-state index in [4.69, 9.17) is 8.94 Å². The lowest BCUT2D eigenvalue weighted by molar-refractivity contribution is -0.118. The summed E-state index contributed by atoms with van der Waals surface area (Å²) in [6.45, 7) is 2.18. The van der Waals surface area contributed by atoms with E-state index in [-0.39, 0.29) is 29.4 Å². The van der Waals surface area contributed by atoms with Gasteiger partial charge in [-0.2, -0.15) is 0 Å². The molecule has 0 aromatic carbocycles. The second-order valence-electron chi connectivity index (χ2n) is 5.66.